The highest BCUT2D eigenvalue weighted by Gasteiger charge is 2.20. The van der Waals surface area contributed by atoms with Gasteiger partial charge in [-0.25, -0.2) is 9.78 Å². The lowest BCUT2D eigenvalue weighted by Crippen LogP contribution is -2.47. The van der Waals surface area contributed by atoms with Crippen LogP contribution in [0.15, 0.2) is 6.20 Å². The van der Waals surface area contributed by atoms with Gasteiger partial charge in [-0.15, -0.1) is 11.3 Å². The standard InChI is InChI=1S/C13H23N3O2S/c1-5-16(9-13(3,4)18)12(17)14-7-6-11-15-8-10(2)19-11/h8,18H,5-7,9H2,1-4H3,(H,14,17). The van der Waals surface area contributed by atoms with Crippen molar-refractivity contribution in [1.82, 2.24) is 15.2 Å². The van der Waals surface area contributed by atoms with Crippen molar-refractivity contribution in [3.63, 3.8) is 0 Å². The Balaban J connectivity index is 2.36. The SMILES string of the molecule is CCN(CC(C)(C)O)C(=O)NCCc1ncc(C)s1. The van der Waals surface area contributed by atoms with E-state index in [-0.39, 0.29) is 6.03 Å². The third-order valence-electron chi connectivity index (χ3n) is 2.53. The van der Waals surface area contributed by atoms with E-state index in [9.17, 15) is 9.90 Å². The van der Waals surface area contributed by atoms with Gasteiger partial charge in [0.25, 0.3) is 0 Å². The summed E-state index contributed by atoms with van der Waals surface area (Å²) in [5.74, 6) is 0. The molecule has 0 saturated heterocycles. The molecular weight excluding hydrogens is 262 g/mol. The molecule has 19 heavy (non-hydrogen) atoms. The zero-order valence-corrected chi connectivity index (χ0v) is 12.9. The molecule has 0 bridgehead atoms. The number of hydrogen-bond donors (Lipinski definition) is 2. The number of hydrogen-bond acceptors (Lipinski definition) is 4. The molecule has 2 amide bonds. The zero-order chi connectivity index (χ0) is 14.5. The lowest BCUT2D eigenvalue weighted by Gasteiger charge is -2.28. The van der Waals surface area contributed by atoms with Crippen molar-refractivity contribution < 1.29 is 9.90 Å². The average molecular weight is 285 g/mol. The van der Waals surface area contributed by atoms with Crippen molar-refractivity contribution in [2.75, 3.05) is 19.6 Å². The van der Waals surface area contributed by atoms with Crippen molar-refractivity contribution >= 4 is 17.4 Å². The summed E-state index contributed by atoms with van der Waals surface area (Å²) in [7, 11) is 0. The summed E-state index contributed by atoms with van der Waals surface area (Å²) in [4.78, 5) is 19.0. The largest absolute Gasteiger partial charge is 0.389 e. The van der Waals surface area contributed by atoms with Gasteiger partial charge in [0.2, 0.25) is 0 Å². The summed E-state index contributed by atoms with van der Waals surface area (Å²) in [6.45, 7) is 8.77. The molecule has 1 heterocycles. The Bertz CT molecular complexity index is 412. The molecule has 2 N–H and O–H groups in total. The zero-order valence-electron chi connectivity index (χ0n) is 12.1. The number of carbonyl (C=O) groups excluding carboxylic acids is 1. The lowest BCUT2D eigenvalue weighted by atomic mass is 10.1. The van der Waals surface area contributed by atoms with Gasteiger partial charge in [0, 0.05) is 30.6 Å². The highest BCUT2D eigenvalue weighted by molar-refractivity contribution is 7.11. The fraction of sp³-hybridized carbons (Fsp3) is 0.692. The number of carbonyl (C=O) groups is 1. The molecule has 1 rings (SSSR count). The van der Waals surface area contributed by atoms with Crippen LogP contribution in [0.5, 0.6) is 0 Å². The molecule has 1 aromatic rings. The Morgan fingerprint density at radius 3 is 2.74 bits per heavy atom. The van der Waals surface area contributed by atoms with Crippen molar-refractivity contribution in [2.24, 2.45) is 0 Å². The molecule has 0 aliphatic carbocycles. The van der Waals surface area contributed by atoms with Crippen LogP contribution in [0.25, 0.3) is 0 Å². The van der Waals surface area contributed by atoms with Crippen LogP contribution >= 0.6 is 11.3 Å². The van der Waals surface area contributed by atoms with Gasteiger partial charge in [0.15, 0.2) is 0 Å². The number of rotatable bonds is 6. The van der Waals surface area contributed by atoms with Crippen molar-refractivity contribution in [3.8, 4) is 0 Å². The first-order valence-corrected chi connectivity index (χ1v) is 7.30. The van der Waals surface area contributed by atoms with E-state index in [1.54, 1.807) is 30.1 Å². The van der Waals surface area contributed by atoms with E-state index in [1.807, 2.05) is 20.0 Å². The number of likely N-dealkylation sites (N-methyl/N-ethyl adjacent to an activating group) is 1. The van der Waals surface area contributed by atoms with Gasteiger partial charge >= 0.3 is 6.03 Å². The maximum Gasteiger partial charge on any atom is 0.317 e. The number of aromatic nitrogens is 1. The summed E-state index contributed by atoms with van der Waals surface area (Å²) < 4.78 is 0. The molecule has 0 aromatic carbocycles. The van der Waals surface area contributed by atoms with Crippen LogP contribution in [0.4, 0.5) is 4.79 Å². The predicted octanol–water partition coefficient (Wildman–Crippen LogP) is 1.80. The van der Waals surface area contributed by atoms with Crippen LogP contribution in [-0.4, -0.2) is 46.3 Å². The van der Waals surface area contributed by atoms with Crippen LogP contribution < -0.4 is 5.32 Å². The van der Waals surface area contributed by atoms with Crippen molar-refractivity contribution in [3.05, 3.63) is 16.1 Å². The van der Waals surface area contributed by atoms with Gasteiger partial charge < -0.3 is 15.3 Å². The molecule has 0 unspecified atom stereocenters. The highest BCUT2D eigenvalue weighted by atomic mass is 32.1. The molecular formula is C13H23N3O2S. The number of nitrogens with one attached hydrogen (secondary N) is 1. The summed E-state index contributed by atoms with van der Waals surface area (Å²) in [6.07, 6.45) is 2.58. The first kappa shape index (κ1) is 15.9. The first-order chi connectivity index (χ1) is 8.81. The van der Waals surface area contributed by atoms with E-state index in [0.717, 1.165) is 11.4 Å². The summed E-state index contributed by atoms with van der Waals surface area (Å²) in [5, 5.41) is 13.6. The topological polar surface area (TPSA) is 65.5 Å². The molecule has 5 nitrogen and oxygen atoms in total. The van der Waals surface area contributed by atoms with Crippen molar-refractivity contribution in [2.45, 2.75) is 39.7 Å². The van der Waals surface area contributed by atoms with Crippen LogP contribution in [0, 0.1) is 6.92 Å². The molecule has 0 aliphatic rings. The monoisotopic (exact) mass is 285 g/mol. The number of nitrogens with zero attached hydrogens (tertiary/aromatic N) is 2. The first-order valence-electron chi connectivity index (χ1n) is 6.48. The van der Waals surface area contributed by atoms with E-state index in [4.69, 9.17) is 0 Å². The van der Waals surface area contributed by atoms with Crippen LogP contribution in [0.2, 0.25) is 0 Å². The number of thiazole rings is 1. The van der Waals surface area contributed by atoms with Crippen LogP contribution in [-0.2, 0) is 6.42 Å². The number of amides is 2. The summed E-state index contributed by atoms with van der Waals surface area (Å²) in [6, 6.07) is -0.141. The normalized spacial score (nSPS) is 11.4. The minimum atomic E-state index is -0.875. The second-order valence-corrected chi connectivity index (χ2v) is 6.49. The van der Waals surface area contributed by atoms with Gasteiger partial charge in [-0.05, 0) is 27.7 Å². The second-order valence-electron chi connectivity index (χ2n) is 5.17. The number of urea groups is 1. The Morgan fingerprint density at radius 1 is 1.58 bits per heavy atom. The molecule has 0 fully saturated rings. The smallest absolute Gasteiger partial charge is 0.317 e. The molecule has 0 saturated carbocycles. The molecule has 108 valence electrons. The third kappa shape index (κ3) is 6.02. The number of aryl methyl sites for hydroxylation is 1. The molecule has 0 spiro atoms. The lowest BCUT2D eigenvalue weighted by molar-refractivity contribution is 0.0480. The van der Waals surface area contributed by atoms with E-state index < -0.39 is 5.60 Å². The van der Waals surface area contributed by atoms with Crippen LogP contribution in [0.1, 0.15) is 30.7 Å². The molecule has 0 atom stereocenters. The fourth-order valence-corrected chi connectivity index (χ4v) is 2.49. The van der Waals surface area contributed by atoms with E-state index in [2.05, 4.69) is 10.3 Å². The Hall–Kier alpha value is -1.14. The van der Waals surface area contributed by atoms with E-state index in [0.29, 0.717) is 19.6 Å². The van der Waals surface area contributed by atoms with Gasteiger partial charge in [0.1, 0.15) is 0 Å². The Labute approximate surface area is 118 Å². The van der Waals surface area contributed by atoms with E-state index in [1.165, 1.54) is 4.88 Å². The maximum absolute atomic E-state index is 11.9. The van der Waals surface area contributed by atoms with Gasteiger partial charge in [0.05, 0.1) is 17.2 Å². The van der Waals surface area contributed by atoms with Gasteiger partial charge in [-0.3, -0.25) is 0 Å². The maximum atomic E-state index is 11.9. The minimum Gasteiger partial charge on any atom is -0.389 e. The average Bonchev–Trinajstić information content (AvgIpc) is 2.70. The van der Waals surface area contributed by atoms with Crippen LogP contribution in [0.3, 0.4) is 0 Å². The second kappa shape index (κ2) is 6.86. The molecule has 0 radical (unpaired) electrons. The predicted molar refractivity (Wildman–Crippen MR) is 77.5 cm³/mol. The van der Waals surface area contributed by atoms with E-state index >= 15 is 0 Å². The minimum absolute atomic E-state index is 0.141. The molecule has 6 heteroatoms. The van der Waals surface area contributed by atoms with Gasteiger partial charge in [-0.1, -0.05) is 0 Å². The quantitative estimate of drug-likeness (QED) is 0.837. The van der Waals surface area contributed by atoms with Crippen molar-refractivity contribution in [1.29, 1.82) is 0 Å². The van der Waals surface area contributed by atoms with Gasteiger partial charge in [-0.2, -0.15) is 0 Å². The molecule has 0 aliphatic heterocycles. The fourth-order valence-electron chi connectivity index (χ4n) is 1.70. The Morgan fingerprint density at radius 2 is 2.26 bits per heavy atom. The molecule has 1 aromatic heterocycles. The summed E-state index contributed by atoms with van der Waals surface area (Å²) in [5.41, 5.74) is -0.875. The third-order valence-corrected chi connectivity index (χ3v) is 3.50. The number of aliphatic hydroxyl groups is 1. The Kier molecular flexibility index (Phi) is 5.75. The summed E-state index contributed by atoms with van der Waals surface area (Å²) >= 11 is 1.65. The highest BCUT2D eigenvalue weighted by Crippen LogP contribution is 2.11.